The predicted octanol–water partition coefficient (Wildman–Crippen LogP) is 1.61. The maximum absolute atomic E-state index is 12.6. The zero-order valence-electron chi connectivity index (χ0n) is 14.1. The van der Waals surface area contributed by atoms with E-state index in [-0.39, 0.29) is 5.56 Å². The molecule has 3 aromatic rings. The van der Waals surface area contributed by atoms with Crippen molar-refractivity contribution in [3.05, 3.63) is 64.2 Å². The smallest absolute Gasteiger partial charge is 0.255 e. The van der Waals surface area contributed by atoms with Crippen LogP contribution in [0.4, 0.5) is 0 Å². The van der Waals surface area contributed by atoms with E-state index in [2.05, 4.69) is 36.3 Å². The average Bonchev–Trinajstić information content (AvgIpc) is 3.10. The van der Waals surface area contributed by atoms with Gasteiger partial charge >= 0.3 is 0 Å². The first-order valence-corrected chi connectivity index (χ1v) is 8.49. The molecule has 0 saturated heterocycles. The molecular weight excluding hydrogens is 316 g/mol. The molecular formula is C18H20N6O. The first kappa shape index (κ1) is 15.7. The third kappa shape index (κ3) is 3.10. The molecule has 0 radical (unpaired) electrons. The number of H-pyrrole nitrogens is 1. The fraction of sp³-hybridized carbons (Fsp3) is 0.333. The van der Waals surface area contributed by atoms with Gasteiger partial charge in [-0.15, -0.1) is 0 Å². The zero-order valence-corrected chi connectivity index (χ0v) is 14.1. The number of rotatable bonds is 4. The molecule has 0 aliphatic carbocycles. The Morgan fingerprint density at radius 3 is 3.04 bits per heavy atom. The van der Waals surface area contributed by atoms with Crippen molar-refractivity contribution in [3.63, 3.8) is 0 Å². The van der Waals surface area contributed by atoms with Crippen molar-refractivity contribution < 1.29 is 0 Å². The van der Waals surface area contributed by atoms with Gasteiger partial charge in [-0.3, -0.25) is 14.7 Å². The Morgan fingerprint density at radius 1 is 1.32 bits per heavy atom. The summed E-state index contributed by atoms with van der Waals surface area (Å²) in [4.78, 5) is 30.8. The van der Waals surface area contributed by atoms with Crippen LogP contribution in [0.5, 0.6) is 0 Å². The SMILES string of the molecule is CCn1cncc1CN1CCc2nc(-c3ccccn3)[nH]c(=O)c2C1. The number of fused-ring (bicyclic) bond motifs is 1. The lowest BCUT2D eigenvalue weighted by molar-refractivity contribution is 0.236. The van der Waals surface area contributed by atoms with E-state index in [1.165, 1.54) is 5.69 Å². The first-order chi connectivity index (χ1) is 12.2. The lowest BCUT2D eigenvalue weighted by Crippen LogP contribution is -2.35. The second kappa shape index (κ2) is 6.60. The number of aryl methyl sites for hydroxylation is 1. The second-order valence-electron chi connectivity index (χ2n) is 6.19. The highest BCUT2D eigenvalue weighted by atomic mass is 16.1. The van der Waals surface area contributed by atoms with Crippen LogP contribution in [0.3, 0.4) is 0 Å². The maximum atomic E-state index is 12.6. The quantitative estimate of drug-likeness (QED) is 0.783. The van der Waals surface area contributed by atoms with E-state index in [4.69, 9.17) is 0 Å². The molecule has 7 heteroatoms. The summed E-state index contributed by atoms with van der Waals surface area (Å²) in [7, 11) is 0. The van der Waals surface area contributed by atoms with E-state index >= 15 is 0 Å². The maximum Gasteiger partial charge on any atom is 0.255 e. The van der Waals surface area contributed by atoms with E-state index in [9.17, 15) is 4.79 Å². The van der Waals surface area contributed by atoms with E-state index in [0.29, 0.717) is 18.1 Å². The fourth-order valence-electron chi connectivity index (χ4n) is 3.23. The van der Waals surface area contributed by atoms with Gasteiger partial charge in [0.2, 0.25) is 0 Å². The number of hydrogen-bond acceptors (Lipinski definition) is 5. The number of aromatic nitrogens is 5. The number of nitrogens with one attached hydrogen (secondary N) is 1. The fourth-order valence-corrected chi connectivity index (χ4v) is 3.23. The van der Waals surface area contributed by atoms with Gasteiger partial charge in [-0.1, -0.05) is 6.07 Å². The van der Waals surface area contributed by atoms with Crippen molar-refractivity contribution >= 4 is 0 Å². The summed E-state index contributed by atoms with van der Waals surface area (Å²) in [5, 5.41) is 0. The standard InChI is InChI=1S/C18H20N6O/c1-2-24-12-19-9-13(24)10-23-8-6-15-14(11-23)18(25)22-17(21-15)16-5-3-4-7-20-16/h3-5,7,9,12H,2,6,8,10-11H2,1H3,(H,21,22,25). The van der Waals surface area contributed by atoms with Crippen molar-refractivity contribution in [2.75, 3.05) is 6.54 Å². The molecule has 0 amide bonds. The summed E-state index contributed by atoms with van der Waals surface area (Å²) in [5.74, 6) is 0.543. The third-order valence-corrected chi connectivity index (χ3v) is 4.58. The molecule has 0 saturated carbocycles. The molecule has 1 aliphatic heterocycles. The molecule has 128 valence electrons. The Bertz CT molecular complexity index is 930. The molecule has 4 heterocycles. The van der Waals surface area contributed by atoms with Gasteiger partial charge in [-0.05, 0) is 19.1 Å². The summed E-state index contributed by atoms with van der Waals surface area (Å²) in [6, 6.07) is 5.59. The average molecular weight is 336 g/mol. The Labute approximate surface area is 145 Å². The van der Waals surface area contributed by atoms with Crippen LogP contribution >= 0.6 is 0 Å². The number of pyridine rings is 1. The first-order valence-electron chi connectivity index (χ1n) is 8.49. The number of hydrogen-bond donors (Lipinski definition) is 1. The minimum Gasteiger partial charge on any atom is -0.334 e. The van der Waals surface area contributed by atoms with Crippen LogP contribution in [0.1, 0.15) is 23.9 Å². The summed E-state index contributed by atoms with van der Waals surface area (Å²) < 4.78 is 2.13. The topological polar surface area (TPSA) is 79.7 Å². The zero-order chi connectivity index (χ0) is 17.2. The second-order valence-corrected chi connectivity index (χ2v) is 6.19. The Hall–Kier alpha value is -2.80. The van der Waals surface area contributed by atoms with Crippen LogP contribution in [0, 0.1) is 0 Å². The molecule has 0 spiro atoms. The molecule has 0 aromatic carbocycles. The molecule has 7 nitrogen and oxygen atoms in total. The van der Waals surface area contributed by atoms with Gasteiger partial charge < -0.3 is 9.55 Å². The molecule has 0 bridgehead atoms. The lowest BCUT2D eigenvalue weighted by Gasteiger charge is -2.27. The Morgan fingerprint density at radius 2 is 2.24 bits per heavy atom. The van der Waals surface area contributed by atoms with E-state index in [1.54, 1.807) is 6.20 Å². The number of nitrogens with zero attached hydrogens (tertiary/aromatic N) is 5. The lowest BCUT2D eigenvalue weighted by atomic mass is 10.1. The van der Waals surface area contributed by atoms with Crippen LogP contribution in [0.2, 0.25) is 0 Å². The van der Waals surface area contributed by atoms with Crippen molar-refractivity contribution in [2.45, 2.75) is 33.0 Å². The van der Waals surface area contributed by atoms with Gasteiger partial charge in [0.25, 0.3) is 5.56 Å². The van der Waals surface area contributed by atoms with Gasteiger partial charge in [0.05, 0.1) is 23.3 Å². The van der Waals surface area contributed by atoms with Gasteiger partial charge in [-0.25, -0.2) is 9.97 Å². The number of imidazole rings is 1. The third-order valence-electron chi connectivity index (χ3n) is 4.58. The molecule has 1 N–H and O–H groups in total. The van der Waals surface area contributed by atoms with Gasteiger partial charge in [0, 0.05) is 45.0 Å². The van der Waals surface area contributed by atoms with Crippen molar-refractivity contribution in [2.24, 2.45) is 0 Å². The van der Waals surface area contributed by atoms with Crippen LogP contribution in [0.25, 0.3) is 11.5 Å². The van der Waals surface area contributed by atoms with E-state index in [1.807, 2.05) is 30.7 Å². The highest BCUT2D eigenvalue weighted by Gasteiger charge is 2.22. The van der Waals surface area contributed by atoms with Crippen molar-refractivity contribution in [1.29, 1.82) is 0 Å². The molecule has 25 heavy (non-hydrogen) atoms. The molecule has 3 aromatic heterocycles. The number of aromatic amines is 1. The highest BCUT2D eigenvalue weighted by Crippen LogP contribution is 2.18. The van der Waals surface area contributed by atoms with E-state index in [0.717, 1.165) is 37.3 Å². The minimum atomic E-state index is -0.0700. The molecule has 0 atom stereocenters. The molecule has 0 unspecified atom stereocenters. The van der Waals surface area contributed by atoms with Crippen molar-refractivity contribution in [1.82, 2.24) is 29.4 Å². The van der Waals surface area contributed by atoms with Crippen LogP contribution in [0.15, 0.2) is 41.7 Å². The monoisotopic (exact) mass is 336 g/mol. The molecule has 1 aliphatic rings. The van der Waals surface area contributed by atoms with Gasteiger partial charge in [-0.2, -0.15) is 0 Å². The normalized spacial score (nSPS) is 14.4. The summed E-state index contributed by atoms with van der Waals surface area (Å²) in [6.07, 6.45) is 6.21. The summed E-state index contributed by atoms with van der Waals surface area (Å²) >= 11 is 0. The van der Waals surface area contributed by atoms with Crippen LogP contribution in [-0.2, 0) is 26.1 Å². The predicted molar refractivity (Wildman–Crippen MR) is 93.8 cm³/mol. The summed E-state index contributed by atoms with van der Waals surface area (Å²) in [5.41, 5.74) is 3.43. The molecule has 0 fully saturated rings. The van der Waals surface area contributed by atoms with E-state index < -0.39 is 0 Å². The minimum absolute atomic E-state index is 0.0700. The largest absolute Gasteiger partial charge is 0.334 e. The van der Waals surface area contributed by atoms with Gasteiger partial charge in [0.15, 0.2) is 5.82 Å². The summed E-state index contributed by atoms with van der Waals surface area (Å²) in [6.45, 7) is 5.27. The molecule has 4 rings (SSSR count). The van der Waals surface area contributed by atoms with Gasteiger partial charge in [0.1, 0.15) is 5.69 Å². The van der Waals surface area contributed by atoms with Crippen molar-refractivity contribution in [3.8, 4) is 11.5 Å². The van der Waals surface area contributed by atoms with Crippen LogP contribution < -0.4 is 5.56 Å². The Kier molecular flexibility index (Phi) is 4.15. The van der Waals surface area contributed by atoms with Crippen LogP contribution in [-0.4, -0.2) is 35.9 Å². The Balaban J connectivity index is 1.59. The highest BCUT2D eigenvalue weighted by molar-refractivity contribution is 5.49.